The molecule has 1 heterocycles. The van der Waals surface area contributed by atoms with Crippen molar-refractivity contribution in [3.63, 3.8) is 0 Å². The van der Waals surface area contributed by atoms with E-state index in [9.17, 15) is 0 Å². The van der Waals surface area contributed by atoms with Gasteiger partial charge in [0.1, 0.15) is 0 Å². The molecule has 0 N–H and O–H groups in total. The summed E-state index contributed by atoms with van der Waals surface area (Å²) in [5, 5.41) is 0. The van der Waals surface area contributed by atoms with Gasteiger partial charge in [0.15, 0.2) is 0 Å². The van der Waals surface area contributed by atoms with Crippen LogP contribution in [0.2, 0.25) is 0 Å². The predicted octanol–water partition coefficient (Wildman–Crippen LogP) is 1.76. The maximum absolute atomic E-state index is 4.41. The van der Waals surface area contributed by atoms with E-state index >= 15 is 0 Å². The van der Waals surface area contributed by atoms with E-state index < -0.39 is 0 Å². The molecule has 11 heavy (non-hydrogen) atoms. The fourth-order valence-corrected chi connectivity index (χ4v) is 1.50. The zero-order valence-corrected chi connectivity index (χ0v) is 7.75. The van der Waals surface area contributed by atoms with Crippen LogP contribution in [0.15, 0.2) is 4.99 Å². The van der Waals surface area contributed by atoms with Gasteiger partial charge in [-0.2, -0.15) is 0 Å². The fourth-order valence-electron chi connectivity index (χ4n) is 1.50. The van der Waals surface area contributed by atoms with E-state index in [1.807, 2.05) is 0 Å². The number of nitrogens with zero attached hydrogens (tertiary/aromatic N) is 2. The summed E-state index contributed by atoms with van der Waals surface area (Å²) < 4.78 is 0. The lowest BCUT2D eigenvalue weighted by Crippen LogP contribution is -2.39. The van der Waals surface area contributed by atoms with Gasteiger partial charge in [0.2, 0.25) is 0 Å². The summed E-state index contributed by atoms with van der Waals surface area (Å²) in [7, 11) is 0. The first kappa shape index (κ1) is 8.72. The van der Waals surface area contributed by atoms with Crippen LogP contribution >= 0.6 is 0 Å². The molecule has 1 rings (SSSR count). The van der Waals surface area contributed by atoms with E-state index in [-0.39, 0.29) is 0 Å². The Morgan fingerprint density at radius 3 is 2.91 bits per heavy atom. The first-order valence-electron chi connectivity index (χ1n) is 4.51. The van der Waals surface area contributed by atoms with Gasteiger partial charge in [0, 0.05) is 18.7 Å². The second-order valence-corrected chi connectivity index (χ2v) is 3.40. The van der Waals surface area contributed by atoms with Crippen LogP contribution in [0.4, 0.5) is 0 Å². The molecule has 0 radical (unpaired) electrons. The minimum atomic E-state index is 0.408. The molecular formula is C9H18N2. The lowest BCUT2D eigenvalue weighted by molar-refractivity contribution is 0.192. The van der Waals surface area contributed by atoms with E-state index in [0.29, 0.717) is 12.1 Å². The molecule has 0 bridgehead atoms. The molecular weight excluding hydrogens is 136 g/mol. The molecule has 0 aromatic rings. The molecule has 0 saturated heterocycles. The molecule has 0 aromatic heterocycles. The Hall–Kier alpha value is -0.370. The van der Waals surface area contributed by atoms with Crippen molar-refractivity contribution in [1.82, 2.24) is 4.90 Å². The van der Waals surface area contributed by atoms with Crippen LogP contribution < -0.4 is 0 Å². The summed E-state index contributed by atoms with van der Waals surface area (Å²) in [5.74, 6) is 0.637. The summed E-state index contributed by atoms with van der Waals surface area (Å²) in [5.41, 5.74) is 0. The van der Waals surface area contributed by atoms with E-state index in [0.717, 1.165) is 0 Å². The predicted molar refractivity (Wildman–Crippen MR) is 49.0 cm³/mol. The molecule has 0 fully saturated rings. The Morgan fingerprint density at radius 1 is 1.55 bits per heavy atom. The van der Waals surface area contributed by atoms with Gasteiger partial charge in [-0.3, -0.25) is 9.89 Å². The zero-order valence-electron chi connectivity index (χ0n) is 7.75. The molecule has 0 amide bonds. The molecule has 1 aliphatic heterocycles. The van der Waals surface area contributed by atoms with Crippen LogP contribution in [0.25, 0.3) is 0 Å². The average Bonchev–Trinajstić information content (AvgIpc) is 1.98. The maximum atomic E-state index is 4.41. The number of hydrogen-bond donors (Lipinski definition) is 0. The molecule has 1 unspecified atom stereocenters. The standard InChI is InChI=1S/C9H18N2/c1-4-5-11-7-8(2)6-10-9(11)3/h6,8-9H,4-5,7H2,1-3H3/t8-,9?/m1/s1. The Labute approximate surface area is 69.3 Å². The van der Waals surface area contributed by atoms with E-state index in [2.05, 4.69) is 36.9 Å². The van der Waals surface area contributed by atoms with Crippen LogP contribution in [0, 0.1) is 5.92 Å². The SMILES string of the molecule is CCCN1C[C@H](C)C=NC1C. The molecule has 64 valence electrons. The molecule has 2 atom stereocenters. The lowest BCUT2D eigenvalue weighted by Gasteiger charge is -2.31. The minimum absolute atomic E-state index is 0.408. The zero-order chi connectivity index (χ0) is 8.27. The van der Waals surface area contributed by atoms with Gasteiger partial charge < -0.3 is 0 Å². The van der Waals surface area contributed by atoms with Crippen molar-refractivity contribution in [1.29, 1.82) is 0 Å². The van der Waals surface area contributed by atoms with Crippen LogP contribution in [0.5, 0.6) is 0 Å². The van der Waals surface area contributed by atoms with E-state index in [1.165, 1.54) is 19.5 Å². The summed E-state index contributed by atoms with van der Waals surface area (Å²) >= 11 is 0. The van der Waals surface area contributed by atoms with Gasteiger partial charge in [-0.1, -0.05) is 13.8 Å². The second-order valence-electron chi connectivity index (χ2n) is 3.40. The molecule has 0 saturated carbocycles. The normalized spacial score (nSPS) is 32.6. The Bertz CT molecular complexity index is 142. The highest BCUT2D eigenvalue weighted by molar-refractivity contribution is 5.61. The molecule has 0 aromatic carbocycles. The van der Waals surface area contributed by atoms with Gasteiger partial charge in [-0.15, -0.1) is 0 Å². The third kappa shape index (κ3) is 2.29. The molecule has 1 aliphatic rings. The number of aliphatic imine (C=N–C) groups is 1. The first-order valence-corrected chi connectivity index (χ1v) is 4.51. The topological polar surface area (TPSA) is 15.6 Å². The van der Waals surface area contributed by atoms with Crippen LogP contribution in [-0.4, -0.2) is 30.4 Å². The van der Waals surface area contributed by atoms with Gasteiger partial charge in [0.05, 0.1) is 6.17 Å². The molecule has 2 heteroatoms. The monoisotopic (exact) mass is 154 g/mol. The van der Waals surface area contributed by atoms with E-state index in [4.69, 9.17) is 0 Å². The summed E-state index contributed by atoms with van der Waals surface area (Å²) in [6.45, 7) is 8.97. The van der Waals surface area contributed by atoms with Gasteiger partial charge in [-0.05, 0) is 19.9 Å². The highest BCUT2D eigenvalue weighted by Gasteiger charge is 2.17. The molecule has 0 aliphatic carbocycles. The largest absolute Gasteiger partial charge is 0.282 e. The second kappa shape index (κ2) is 3.86. The van der Waals surface area contributed by atoms with Crippen LogP contribution in [-0.2, 0) is 0 Å². The summed E-state index contributed by atoms with van der Waals surface area (Å²) in [6, 6.07) is 0. The Morgan fingerprint density at radius 2 is 2.27 bits per heavy atom. The minimum Gasteiger partial charge on any atom is -0.282 e. The quantitative estimate of drug-likeness (QED) is 0.592. The van der Waals surface area contributed by atoms with E-state index in [1.54, 1.807) is 0 Å². The van der Waals surface area contributed by atoms with Crippen molar-refractivity contribution in [2.24, 2.45) is 10.9 Å². The van der Waals surface area contributed by atoms with Crippen molar-refractivity contribution in [2.75, 3.05) is 13.1 Å². The van der Waals surface area contributed by atoms with Gasteiger partial charge in [-0.25, -0.2) is 0 Å². The fraction of sp³-hybridized carbons (Fsp3) is 0.889. The Kier molecular flexibility index (Phi) is 3.06. The van der Waals surface area contributed by atoms with Crippen molar-refractivity contribution in [3.05, 3.63) is 0 Å². The van der Waals surface area contributed by atoms with Crippen molar-refractivity contribution in [2.45, 2.75) is 33.4 Å². The maximum Gasteiger partial charge on any atom is 0.0986 e. The summed E-state index contributed by atoms with van der Waals surface area (Å²) in [6.07, 6.45) is 3.72. The van der Waals surface area contributed by atoms with Gasteiger partial charge >= 0.3 is 0 Å². The van der Waals surface area contributed by atoms with Crippen LogP contribution in [0.3, 0.4) is 0 Å². The van der Waals surface area contributed by atoms with Crippen molar-refractivity contribution < 1.29 is 0 Å². The molecule has 0 spiro atoms. The average molecular weight is 154 g/mol. The Balaban J connectivity index is 2.46. The molecule has 2 nitrogen and oxygen atoms in total. The van der Waals surface area contributed by atoms with Crippen molar-refractivity contribution >= 4 is 6.21 Å². The highest BCUT2D eigenvalue weighted by Crippen LogP contribution is 2.10. The number of hydrogen-bond acceptors (Lipinski definition) is 2. The first-order chi connectivity index (χ1) is 5.24. The summed E-state index contributed by atoms with van der Waals surface area (Å²) in [4.78, 5) is 6.85. The number of rotatable bonds is 2. The van der Waals surface area contributed by atoms with Crippen molar-refractivity contribution in [3.8, 4) is 0 Å². The third-order valence-electron chi connectivity index (χ3n) is 2.12. The highest BCUT2D eigenvalue weighted by atomic mass is 15.2. The lowest BCUT2D eigenvalue weighted by atomic mass is 10.1. The van der Waals surface area contributed by atoms with Gasteiger partial charge in [0.25, 0.3) is 0 Å². The third-order valence-corrected chi connectivity index (χ3v) is 2.12. The smallest absolute Gasteiger partial charge is 0.0986 e. The van der Waals surface area contributed by atoms with Crippen LogP contribution in [0.1, 0.15) is 27.2 Å².